The fourth-order valence-corrected chi connectivity index (χ4v) is 2.07. The number of esters is 1. The van der Waals surface area contributed by atoms with Crippen molar-refractivity contribution in [3.05, 3.63) is 47.5 Å². The predicted octanol–water partition coefficient (Wildman–Crippen LogP) is 4.12. The first-order valence-electron chi connectivity index (χ1n) is 8.22. The van der Waals surface area contributed by atoms with Crippen LogP contribution in [0.25, 0.3) is 0 Å². The van der Waals surface area contributed by atoms with Crippen molar-refractivity contribution in [1.82, 2.24) is 0 Å². The van der Waals surface area contributed by atoms with Crippen molar-refractivity contribution in [3.63, 3.8) is 0 Å². The van der Waals surface area contributed by atoms with Gasteiger partial charge in [0.1, 0.15) is 0 Å². The van der Waals surface area contributed by atoms with E-state index in [1.807, 2.05) is 25.1 Å². The second-order valence-electron chi connectivity index (χ2n) is 5.45. The molecule has 124 valence electrons. The molecule has 23 heavy (non-hydrogen) atoms. The van der Waals surface area contributed by atoms with E-state index >= 15 is 0 Å². The van der Waals surface area contributed by atoms with Gasteiger partial charge in [0.2, 0.25) is 0 Å². The van der Waals surface area contributed by atoms with E-state index in [9.17, 15) is 4.79 Å². The first kappa shape index (κ1) is 19.0. The lowest BCUT2D eigenvalue weighted by Crippen LogP contribution is -2.17. The molecule has 1 rings (SSSR count). The van der Waals surface area contributed by atoms with Gasteiger partial charge in [0.15, 0.2) is 6.10 Å². The van der Waals surface area contributed by atoms with Crippen LogP contribution in [0, 0.1) is 11.8 Å². The van der Waals surface area contributed by atoms with Crippen molar-refractivity contribution in [2.24, 2.45) is 0 Å². The van der Waals surface area contributed by atoms with Crippen LogP contribution in [0.4, 0.5) is 0 Å². The van der Waals surface area contributed by atoms with Crippen LogP contribution < -0.4 is 0 Å². The summed E-state index contributed by atoms with van der Waals surface area (Å²) in [4.78, 5) is 12.2. The summed E-state index contributed by atoms with van der Waals surface area (Å²) in [5.74, 6) is 5.62. The Hall–Kier alpha value is -2.05. The fraction of sp³-hybridized carbons (Fsp3) is 0.450. The normalized spacial score (nSPS) is 12.2. The molecule has 1 unspecified atom stereocenters. The molecule has 0 radical (unpaired) electrons. The summed E-state index contributed by atoms with van der Waals surface area (Å²) in [6, 6.07) is 8.96. The number of rotatable bonds is 8. The number of aliphatic hydroxyl groups is 1. The lowest BCUT2D eigenvalue weighted by molar-refractivity contribution is 0.0393. The Morgan fingerprint density at radius 3 is 2.65 bits per heavy atom. The molecule has 0 fully saturated rings. The van der Waals surface area contributed by atoms with Crippen molar-refractivity contribution < 1.29 is 14.6 Å². The van der Waals surface area contributed by atoms with Crippen molar-refractivity contribution in [1.29, 1.82) is 0 Å². The van der Waals surface area contributed by atoms with Gasteiger partial charge in [-0.25, -0.2) is 4.79 Å². The molecule has 0 amide bonds. The maximum Gasteiger partial charge on any atom is 0.339 e. The summed E-state index contributed by atoms with van der Waals surface area (Å²) in [7, 11) is 0. The van der Waals surface area contributed by atoms with Gasteiger partial charge in [-0.05, 0) is 43.5 Å². The van der Waals surface area contributed by atoms with Crippen LogP contribution in [0.1, 0.15) is 56.3 Å². The fourth-order valence-electron chi connectivity index (χ4n) is 2.07. The highest BCUT2D eigenvalue weighted by Gasteiger charge is 2.13. The van der Waals surface area contributed by atoms with Crippen molar-refractivity contribution in [2.45, 2.75) is 52.1 Å². The molecule has 3 heteroatoms. The van der Waals surface area contributed by atoms with Gasteiger partial charge in [-0.1, -0.05) is 56.2 Å². The minimum absolute atomic E-state index is 0.0362. The van der Waals surface area contributed by atoms with E-state index in [0.29, 0.717) is 5.56 Å². The number of ether oxygens (including phenoxy) is 1. The van der Waals surface area contributed by atoms with E-state index in [2.05, 4.69) is 18.8 Å². The second-order valence-corrected chi connectivity index (χ2v) is 5.45. The first-order chi connectivity index (χ1) is 11.2. The molecule has 0 aliphatic carbocycles. The van der Waals surface area contributed by atoms with Crippen LogP contribution in [-0.2, 0) is 4.74 Å². The van der Waals surface area contributed by atoms with Gasteiger partial charge < -0.3 is 9.84 Å². The average molecular weight is 314 g/mol. The van der Waals surface area contributed by atoms with Crippen LogP contribution >= 0.6 is 0 Å². The third-order valence-corrected chi connectivity index (χ3v) is 3.41. The SMILES string of the molecule is CCCCCCC(C#C/C(C)=C\CO)OC(=O)c1ccccc1. The first-order valence-corrected chi connectivity index (χ1v) is 8.22. The van der Waals surface area contributed by atoms with Gasteiger partial charge in [0.25, 0.3) is 0 Å². The van der Waals surface area contributed by atoms with Gasteiger partial charge >= 0.3 is 5.97 Å². The minimum atomic E-state index is -0.415. The van der Waals surface area contributed by atoms with Crippen LogP contribution in [0.5, 0.6) is 0 Å². The van der Waals surface area contributed by atoms with E-state index < -0.39 is 6.10 Å². The maximum atomic E-state index is 12.2. The van der Waals surface area contributed by atoms with E-state index in [1.165, 1.54) is 12.8 Å². The summed E-state index contributed by atoms with van der Waals surface area (Å²) in [5.41, 5.74) is 1.32. The molecule has 1 atom stereocenters. The molecule has 0 aliphatic rings. The van der Waals surface area contributed by atoms with Crippen LogP contribution in [0.2, 0.25) is 0 Å². The minimum Gasteiger partial charge on any atom is -0.446 e. The van der Waals surface area contributed by atoms with Gasteiger partial charge in [-0.3, -0.25) is 0 Å². The number of carbonyl (C=O) groups excluding carboxylic acids is 1. The Labute approximate surface area is 139 Å². The number of benzene rings is 1. The molecule has 0 aromatic heterocycles. The Morgan fingerprint density at radius 2 is 2.00 bits per heavy atom. The molecule has 0 heterocycles. The Balaban J connectivity index is 2.70. The third kappa shape index (κ3) is 8.23. The molecular weight excluding hydrogens is 288 g/mol. The lowest BCUT2D eigenvalue weighted by Gasteiger charge is -2.12. The number of unbranched alkanes of at least 4 members (excludes halogenated alkanes) is 3. The number of carbonyl (C=O) groups is 1. The number of aliphatic hydroxyl groups excluding tert-OH is 1. The van der Waals surface area contributed by atoms with Crippen molar-refractivity contribution >= 4 is 5.97 Å². The monoisotopic (exact) mass is 314 g/mol. The quantitative estimate of drug-likeness (QED) is 0.446. The molecular formula is C20H26O3. The number of allylic oxidation sites excluding steroid dienone is 1. The molecule has 1 aromatic rings. The molecule has 0 spiro atoms. The number of hydrogen-bond donors (Lipinski definition) is 1. The van der Waals surface area contributed by atoms with Crippen LogP contribution in [-0.4, -0.2) is 23.8 Å². The summed E-state index contributed by atoms with van der Waals surface area (Å²) >= 11 is 0. The summed E-state index contributed by atoms with van der Waals surface area (Å²) < 4.78 is 5.54. The zero-order valence-electron chi connectivity index (χ0n) is 14.0. The highest BCUT2D eigenvalue weighted by Crippen LogP contribution is 2.11. The Morgan fingerprint density at radius 1 is 1.26 bits per heavy atom. The summed E-state index contributed by atoms with van der Waals surface area (Å²) in [6.07, 6.45) is 6.40. The Bertz CT molecular complexity index is 549. The lowest BCUT2D eigenvalue weighted by atomic mass is 10.1. The summed E-state index contributed by atoms with van der Waals surface area (Å²) in [6.45, 7) is 3.96. The van der Waals surface area contributed by atoms with Crippen molar-refractivity contribution in [3.8, 4) is 11.8 Å². The molecule has 0 aliphatic heterocycles. The van der Waals surface area contributed by atoms with Crippen LogP contribution in [0.3, 0.4) is 0 Å². The standard InChI is InChI=1S/C20H26O3/c1-3-4-5-9-12-19(14-13-17(2)15-16-21)23-20(22)18-10-7-6-8-11-18/h6-8,10-11,15,19,21H,3-5,9,12,16H2,1-2H3/b17-15-. The zero-order chi connectivity index (χ0) is 16.9. The number of hydrogen-bond acceptors (Lipinski definition) is 3. The molecule has 1 aromatic carbocycles. The van der Waals surface area contributed by atoms with Gasteiger partial charge in [0, 0.05) is 0 Å². The van der Waals surface area contributed by atoms with Gasteiger partial charge in [0.05, 0.1) is 12.2 Å². The molecule has 0 saturated carbocycles. The largest absolute Gasteiger partial charge is 0.446 e. The molecule has 3 nitrogen and oxygen atoms in total. The van der Waals surface area contributed by atoms with E-state index in [4.69, 9.17) is 9.84 Å². The Kier molecular flexibility index (Phi) is 9.51. The molecule has 1 N–H and O–H groups in total. The van der Waals surface area contributed by atoms with Gasteiger partial charge in [-0.15, -0.1) is 0 Å². The highest BCUT2D eigenvalue weighted by molar-refractivity contribution is 5.89. The van der Waals surface area contributed by atoms with Crippen LogP contribution in [0.15, 0.2) is 42.0 Å². The summed E-state index contributed by atoms with van der Waals surface area (Å²) in [5, 5.41) is 8.87. The smallest absolute Gasteiger partial charge is 0.339 e. The van der Waals surface area contributed by atoms with E-state index in [-0.39, 0.29) is 12.6 Å². The van der Waals surface area contributed by atoms with E-state index in [1.54, 1.807) is 18.2 Å². The highest BCUT2D eigenvalue weighted by atomic mass is 16.5. The average Bonchev–Trinajstić information content (AvgIpc) is 2.57. The maximum absolute atomic E-state index is 12.2. The molecule has 0 saturated heterocycles. The molecule has 0 bridgehead atoms. The van der Waals surface area contributed by atoms with Gasteiger partial charge in [-0.2, -0.15) is 0 Å². The van der Waals surface area contributed by atoms with Crippen molar-refractivity contribution in [2.75, 3.05) is 6.61 Å². The third-order valence-electron chi connectivity index (χ3n) is 3.41. The topological polar surface area (TPSA) is 46.5 Å². The zero-order valence-corrected chi connectivity index (χ0v) is 14.0. The predicted molar refractivity (Wildman–Crippen MR) is 93.0 cm³/mol. The van der Waals surface area contributed by atoms with E-state index in [0.717, 1.165) is 24.8 Å². The second kappa shape index (κ2) is 11.5.